The lowest BCUT2D eigenvalue weighted by Gasteiger charge is -2.34. The molecule has 30 heavy (non-hydrogen) atoms. The lowest BCUT2D eigenvalue weighted by molar-refractivity contribution is -0.0440. The number of carbonyl (C=O) groups excluding carboxylic acids is 1. The van der Waals surface area contributed by atoms with E-state index in [-0.39, 0.29) is 29.1 Å². The Bertz CT molecular complexity index is 981. The van der Waals surface area contributed by atoms with Crippen molar-refractivity contribution in [3.05, 3.63) is 59.9 Å². The third-order valence-corrected chi connectivity index (χ3v) is 7.32. The minimum absolute atomic E-state index is 0.0770. The number of hydrogen-bond donors (Lipinski definition) is 0. The third kappa shape index (κ3) is 4.55. The molecule has 0 spiro atoms. The van der Waals surface area contributed by atoms with E-state index in [1.165, 1.54) is 16.4 Å². The van der Waals surface area contributed by atoms with Gasteiger partial charge in [-0.05, 0) is 68.7 Å². The van der Waals surface area contributed by atoms with E-state index in [1.807, 2.05) is 30.9 Å². The predicted octanol–water partition coefficient (Wildman–Crippen LogP) is 2.68. The molecule has 0 N–H and O–H groups in total. The molecule has 2 aliphatic rings. The van der Waals surface area contributed by atoms with Crippen molar-refractivity contribution < 1.29 is 17.9 Å². The summed E-state index contributed by atoms with van der Waals surface area (Å²) in [4.78, 5) is 19.2. The molecule has 160 valence electrons. The van der Waals surface area contributed by atoms with Crippen LogP contribution in [0.3, 0.4) is 0 Å². The number of benzene rings is 1. The summed E-state index contributed by atoms with van der Waals surface area (Å²) in [6.07, 6.45) is 5.14. The average molecular weight is 430 g/mol. The summed E-state index contributed by atoms with van der Waals surface area (Å²) in [5.74, 6) is -0.0770. The summed E-state index contributed by atoms with van der Waals surface area (Å²) in [6, 6.07) is 10.3. The number of nitrogens with zero attached hydrogens (tertiary/aromatic N) is 3. The van der Waals surface area contributed by atoms with Gasteiger partial charge < -0.3 is 9.64 Å². The largest absolute Gasteiger partial charge is 0.373 e. The number of morpholine rings is 1. The molecule has 1 amide bonds. The van der Waals surface area contributed by atoms with E-state index in [0.29, 0.717) is 25.2 Å². The van der Waals surface area contributed by atoms with E-state index in [4.69, 9.17) is 4.74 Å². The highest BCUT2D eigenvalue weighted by Crippen LogP contribution is 2.30. The number of ether oxygens (including phenoxy) is 1. The van der Waals surface area contributed by atoms with Crippen molar-refractivity contribution in [3.8, 4) is 0 Å². The van der Waals surface area contributed by atoms with Gasteiger partial charge in [-0.25, -0.2) is 8.42 Å². The first-order valence-electron chi connectivity index (χ1n) is 10.3. The molecule has 2 heterocycles. The molecular formula is C22H27N3O4S. The van der Waals surface area contributed by atoms with Gasteiger partial charge in [0, 0.05) is 43.6 Å². The number of amides is 1. The van der Waals surface area contributed by atoms with E-state index < -0.39 is 10.0 Å². The van der Waals surface area contributed by atoms with Crippen molar-refractivity contribution in [2.75, 3.05) is 13.1 Å². The SMILES string of the molecule is CC1CN(S(=O)(=O)c2ccc(C(=O)N(Cc3ccncc3)C3CC3)cc2)CC(C)O1. The summed E-state index contributed by atoms with van der Waals surface area (Å²) < 4.78 is 33.1. The van der Waals surface area contributed by atoms with E-state index in [1.54, 1.807) is 24.5 Å². The molecule has 1 saturated carbocycles. The number of pyridine rings is 1. The second-order valence-electron chi connectivity index (χ2n) is 8.12. The Kier molecular flexibility index (Phi) is 5.90. The zero-order chi connectivity index (χ0) is 21.3. The summed E-state index contributed by atoms with van der Waals surface area (Å²) >= 11 is 0. The number of carbonyl (C=O) groups is 1. The molecule has 0 bridgehead atoms. The van der Waals surface area contributed by atoms with Gasteiger partial charge in [0.15, 0.2) is 0 Å². The topological polar surface area (TPSA) is 79.8 Å². The van der Waals surface area contributed by atoms with Crippen LogP contribution in [0.2, 0.25) is 0 Å². The van der Waals surface area contributed by atoms with Crippen LogP contribution in [-0.2, 0) is 21.3 Å². The molecule has 1 aliphatic heterocycles. The molecule has 1 aliphatic carbocycles. The number of sulfonamides is 1. The second kappa shape index (κ2) is 8.45. The molecule has 2 fully saturated rings. The fourth-order valence-electron chi connectivity index (χ4n) is 3.85. The first-order chi connectivity index (χ1) is 14.3. The highest BCUT2D eigenvalue weighted by molar-refractivity contribution is 7.89. The van der Waals surface area contributed by atoms with Crippen molar-refractivity contribution in [1.82, 2.24) is 14.2 Å². The maximum absolute atomic E-state index is 13.1. The van der Waals surface area contributed by atoms with Crippen LogP contribution in [0.1, 0.15) is 42.6 Å². The maximum atomic E-state index is 13.1. The smallest absolute Gasteiger partial charge is 0.254 e. The quantitative estimate of drug-likeness (QED) is 0.705. The zero-order valence-corrected chi connectivity index (χ0v) is 18.1. The Morgan fingerprint density at radius 1 is 1.07 bits per heavy atom. The van der Waals surface area contributed by atoms with Gasteiger partial charge in [0.25, 0.3) is 5.91 Å². The lowest BCUT2D eigenvalue weighted by Crippen LogP contribution is -2.48. The molecular weight excluding hydrogens is 402 g/mol. The van der Waals surface area contributed by atoms with E-state index in [2.05, 4.69) is 4.98 Å². The van der Waals surface area contributed by atoms with Gasteiger partial charge in [0.2, 0.25) is 10.0 Å². The van der Waals surface area contributed by atoms with Crippen molar-refractivity contribution in [1.29, 1.82) is 0 Å². The molecule has 8 heteroatoms. The minimum atomic E-state index is -3.62. The van der Waals surface area contributed by atoms with Gasteiger partial charge >= 0.3 is 0 Å². The van der Waals surface area contributed by atoms with Crippen LogP contribution in [0.4, 0.5) is 0 Å². The van der Waals surface area contributed by atoms with Crippen LogP contribution in [0, 0.1) is 0 Å². The van der Waals surface area contributed by atoms with Crippen LogP contribution in [0.5, 0.6) is 0 Å². The Labute approximate surface area is 177 Å². The lowest BCUT2D eigenvalue weighted by atomic mass is 10.1. The first kappa shape index (κ1) is 21.0. The third-order valence-electron chi connectivity index (χ3n) is 5.48. The summed E-state index contributed by atoms with van der Waals surface area (Å²) in [5, 5.41) is 0. The van der Waals surface area contributed by atoms with Crippen molar-refractivity contribution in [3.63, 3.8) is 0 Å². The maximum Gasteiger partial charge on any atom is 0.254 e. The fraction of sp³-hybridized carbons (Fsp3) is 0.455. The Hall–Kier alpha value is -2.29. The molecule has 2 aromatic rings. The van der Waals surface area contributed by atoms with E-state index in [0.717, 1.165) is 18.4 Å². The molecule has 2 unspecified atom stereocenters. The number of rotatable bonds is 6. The number of hydrogen-bond acceptors (Lipinski definition) is 5. The summed E-state index contributed by atoms with van der Waals surface area (Å²) in [7, 11) is -3.62. The monoisotopic (exact) mass is 429 g/mol. The van der Waals surface area contributed by atoms with Crippen LogP contribution in [-0.4, -0.2) is 59.9 Å². The zero-order valence-electron chi connectivity index (χ0n) is 17.3. The van der Waals surface area contributed by atoms with Crippen LogP contribution < -0.4 is 0 Å². The van der Waals surface area contributed by atoms with Gasteiger partial charge in [-0.2, -0.15) is 4.31 Å². The van der Waals surface area contributed by atoms with Gasteiger partial charge in [-0.1, -0.05) is 0 Å². The molecule has 1 aromatic heterocycles. The molecule has 1 saturated heterocycles. The van der Waals surface area contributed by atoms with Crippen LogP contribution in [0.15, 0.2) is 53.7 Å². The number of aromatic nitrogens is 1. The van der Waals surface area contributed by atoms with Gasteiger partial charge in [0.1, 0.15) is 0 Å². The van der Waals surface area contributed by atoms with Crippen molar-refractivity contribution in [2.24, 2.45) is 0 Å². The standard InChI is InChI=1S/C22H27N3O4S/c1-16-13-24(14-17(2)29-16)30(27,28)21-7-3-19(4-8-21)22(26)25(20-5-6-20)15-18-9-11-23-12-10-18/h3-4,7-12,16-17,20H,5-6,13-15H2,1-2H3. The van der Waals surface area contributed by atoms with Crippen LogP contribution in [0.25, 0.3) is 0 Å². The predicted molar refractivity (Wildman–Crippen MR) is 112 cm³/mol. The minimum Gasteiger partial charge on any atom is -0.373 e. The normalized spacial score (nSPS) is 22.6. The fourth-order valence-corrected chi connectivity index (χ4v) is 5.44. The van der Waals surface area contributed by atoms with Crippen molar-refractivity contribution in [2.45, 2.75) is 56.4 Å². The Morgan fingerprint density at radius 2 is 1.67 bits per heavy atom. The molecule has 4 rings (SSSR count). The van der Waals surface area contributed by atoms with Gasteiger partial charge in [-0.3, -0.25) is 9.78 Å². The van der Waals surface area contributed by atoms with E-state index >= 15 is 0 Å². The Morgan fingerprint density at radius 3 is 2.23 bits per heavy atom. The van der Waals surface area contributed by atoms with E-state index in [9.17, 15) is 13.2 Å². The Balaban J connectivity index is 1.51. The average Bonchev–Trinajstić information content (AvgIpc) is 3.57. The molecule has 2 atom stereocenters. The van der Waals surface area contributed by atoms with Gasteiger partial charge in [0.05, 0.1) is 17.1 Å². The highest BCUT2D eigenvalue weighted by atomic mass is 32.2. The van der Waals surface area contributed by atoms with Gasteiger partial charge in [-0.15, -0.1) is 0 Å². The second-order valence-corrected chi connectivity index (χ2v) is 10.1. The van der Waals surface area contributed by atoms with Crippen LogP contribution >= 0.6 is 0 Å². The molecule has 7 nitrogen and oxygen atoms in total. The summed E-state index contributed by atoms with van der Waals surface area (Å²) in [6.45, 7) is 4.92. The van der Waals surface area contributed by atoms with Crippen molar-refractivity contribution >= 4 is 15.9 Å². The molecule has 1 aromatic carbocycles. The molecule has 0 radical (unpaired) electrons. The summed E-state index contributed by atoms with van der Waals surface area (Å²) in [5.41, 5.74) is 1.53. The highest BCUT2D eigenvalue weighted by Gasteiger charge is 2.34. The first-order valence-corrected chi connectivity index (χ1v) is 11.7.